The third-order valence-corrected chi connectivity index (χ3v) is 5.35. The molecule has 2 aromatic rings. The molecule has 0 aliphatic carbocycles. The van der Waals surface area contributed by atoms with Crippen molar-refractivity contribution in [2.45, 2.75) is 32.1 Å². The van der Waals surface area contributed by atoms with Crippen molar-refractivity contribution in [3.05, 3.63) is 58.1 Å². The second-order valence-electron chi connectivity index (χ2n) is 7.34. The molecule has 0 saturated carbocycles. The van der Waals surface area contributed by atoms with E-state index in [0.29, 0.717) is 29.0 Å². The molecule has 1 N–H and O–H groups in total. The summed E-state index contributed by atoms with van der Waals surface area (Å²) >= 11 is 6.34. The van der Waals surface area contributed by atoms with Gasteiger partial charge < -0.3 is 14.8 Å². The van der Waals surface area contributed by atoms with Gasteiger partial charge in [-0.15, -0.1) is 0 Å². The van der Waals surface area contributed by atoms with Gasteiger partial charge in [0.1, 0.15) is 0 Å². The number of halogens is 1. The van der Waals surface area contributed by atoms with Crippen molar-refractivity contribution in [2.75, 3.05) is 20.8 Å². The molecule has 27 heavy (non-hydrogen) atoms. The summed E-state index contributed by atoms with van der Waals surface area (Å²) in [6, 6.07) is 11.7. The number of benzene rings is 2. The first kappa shape index (κ1) is 19.6. The largest absolute Gasteiger partial charge is 0.493 e. The van der Waals surface area contributed by atoms with Gasteiger partial charge in [0.25, 0.3) is 0 Å². The van der Waals surface area contributed by atoms with Gasteiger partial charge in [0.2, 0.25) is 5.91 Å². The van der Waals surface area contributed by atoms with Gasteiger partial charge in [-0.25, -0.2) is 0 Å². The van der Waals surface area contributed by atoms with Crippen LogP contribution in [0, 0.1) is 5.92 Å². The molecule has 0 fully saturated rings. The van der Waals surface area contributed by atoms with E-state index in [4.69, 9.17) is 21.1 Å². The van der Waals surface area contributed by atoms with Crippen LogP contribution in [0.4, 0.5) is 0 Å². The maximum atomic E-state index is 12.9. The first-order valence-corrected chi connectivity index (χ1v) is 9.62. The Labute approximate surface area is 165 Å². The zero-order valence-electron chi connectivity index (χ0n) is 16.2. The molecule has 0 spiro atoms. The molecule has 1 amide bonds. The fourth-order valence-corrected chi connectivity index (χ4v) is 4.09. The number of hydrogen-bond acceptors (Lipinski definition) is 3. The maximum Gasteiger partial charge on any atom is 0.227 e. The zero-order valence-corrected chi connectivity index (χ0v) is 17.0. The minimum absolute atomic E-state index is 0.0649. The van der Waals surface area contributed by atoms with E-state index in [2.05, 4.69) is 19.2 Å². The third-order valence-electron chi connectivity index (χ3n) is 5.11. The van der Waals surface area contributed by atoms with Crippen molar-refractivity contribution in [2.24, 2.45) is 5.92 Å². The summed E-state index contributed by atoms with van der Waals surface area (Å²) in [5.41, 5.74) is 3.09. The summed E-state index contributed by atoms with van der Waals surface area (Å²) in [6.45, 7) is 4.76. The molecule has 4 nitrogen and oxygen atoms in total. The summed E-state index contributed by atoms with van der Waals surface area (Å²) in [5.74, 6) is 1.59. The monoisotopic (exact) mass is 387 g/mol. The molecule has 1 aliphatic rings. The van der Waals surface area contributed by atoms with E-state index in [9.17, 15) is 4.79 Å². The highest BCUT2D eigenvalue weighted by molar-refractivity contribution is 6.30. The van der Waals surface area contributed by atoms with E-state index < -0.39 is 0 Å². The van der Waals surface area contributed by atoms with Crippen LogP contribution in [-0.4, -0.2) is 26.7 Å². The Bertz CT molecular complexity index is 834. The molecular formula is C22H26ClNO3. The van der Waals surface area contributed by atoms with Crippen LogP contribution in [0.5, 0.6) is 11.5 Å². The number of amides is 1. The Morgan fingerprint density at radius 1 is 1.11 bits per heavy atom. The lowest BCUT2D eigenvalue weighted by Crippen LogP contribution is -2.30. The van der Waals surface area contributed by atoms with Crippen LogP contribution < -0.4 is 14.8 Å². The number of carbonyl (C=O) groups excluding carboxylic acids is 1. The quantitative estimate of drug-likeness (QED) is 0.805. The van der Waals surface area contributed by atoms with Crippen LogP contribution in [0.1, 0.15) is 48.8 Å². The second-order valence-corrected chi connectivity index (χ2v) is 7.77. The highest BCUT2D eigenvalue weighted by atomic mass is 35.5. The van der Waals surface area contributed by atoms with E-state index in [1.165, 1.54) is 0 Å². The SMILES string of the molecule is COc1cccc(C2CNC(=O)C(CC(C)C)c3ccc(Cl)cc32)c1OC. The summed E-state index contributed by atoms with van der Waals surface area (Å²) in [6.07, 6.45) is 0.794. The van der Waals surface area contributed by atoms with Gasteiger partial charge in [-0.3, -0.25) is 4.79 Å². The fourth-order valence-electron chi connectivity index (χ4n) is 3.91. The number of fused-ring (bicyclic) bond motifs is 1. The lowest BCUT2D eigenvalue weighted by molar-refractivity contribution is -0.122. The highest BCUT2D eigenvalue weighted by Gasteiger charge is 2.33. The lowest BCUT2D eigenvalue weighted by atomic mass is 9.82. The predicted molar refractivity (Wildman–Crippen MR) is 108 cm³/mol. The summed E-state index contributed by atoms with van der Waals surface area (Å²) in [4.78, 5) is 12.9. The molecule has 0 radical (unpaired) electrons. The first-order valence-electron chi connectivity index (χ1n) is 9.24. The number of methoxy groups -OCH3 is 2. The van der Waals surface area contributed by atoms with Gasteiger partial charge in [-0.1, -0.05) is 43.6 Å². The van der Waals surface area contributed by atoms with Crippen LogP contribution in [0.2, 0.25) is 5.02 Å². The van der Waals surface area contributed by atoms with Crippen LogP contribution in [0.15, 0.2) is 36.4 Å². The number of ether oxygens (including phenoxy) is 2. The van der Waals surface area contributed by atoms with E-state index >= 15 is 0 Å². The van der Waals surface area contributed by atoms with Crippen molar-refractivity contribution in [1.29, 1.82) is 0 Å². The molecule has 2 aromatic carbocycles. The van der Waals surface area contributed by atoms with Crippen molar-refractivity contribution < 1.29 is 14.3 Å². The maximum absolute atomic E-state index is 12.9. The van der Waals surface area contributed by atoms with Crippen molar-refractivity contribution in [3.63, 3.8) is 0 Å². The molecule has 3 rings (SSSR count). The first-order chi connectivity index (χ1) is 13.0. The average molecular weight is 388 g/mol. The number of rotatable bonds is 5. The summed E-state index contributed by atoms with van der Waals surface area (Å²) in [7, 11) is 3.26. The number of para-hydroxylation sites is 1. The van der Waals surface area contributed by atoms with Crippen molar-refractivity contribution >= 4 is 17.5 Å². The Morgan fingerprint density at radius 3 is 2.56 bits per heavy atom. The number of nitrogens with one attached hydrogen (secondary N) is 1. The second kappa shape index (κ2) is 8.22. The van der Waals surface area contributed by atoms with Gasteiger partial charge in [0.05, 0.1) is 20.1 Å². The van der Waals surface area contributed by atoms with E-state index in [1.807, 2.05) is 36.4 Å². The van der Waals surface area contributed by atoms with Crippen LogP contribution >= 0.6 is 11.6 Å². The predicted octanol–water partition coefficient (Wildman–Crippen LogP) is 4.75. The Balaban J connectivity index is 2.18. The van der Waals surface area contributed by atoms with E-state index in [0.717, 1.165) is 23.1 Å². The molecule has 144 valence electrons. The van der Waals surface area contributed by atoms with Gasteiger partial charge >= 0.3 is 0 Å². The van der Waals surface area contributed by atoms with E-state index in [1.54, 1.807) is 14.2 Å². The van der Waals surface area contributed by atoms with Gasteiger partial charge in [-0.05, 0) is 41.7 Å². The molecular weight excluding hydrogens is 362 g/mol. The van der Waals surface area contributed by atoms with Gasteiger partial charge in [0, 0.05) is 23.0 Å². The van der Waals surface area contributed by atoms with Crippen molar-refractivity contribution in [3.8, 4) is 11.5 Å². The fraction of sp³-hybridized carbons (Fsp3) is 0.409. The minimum Gasteiger partial charge on any atom is -0.493 e. The Kier molecular flexibility index (Phi) is 5.95. The van der Waals surface area contributed by atoms with Gasteiger partial charge in [0.15, 0.2) is 11.5 Å². The minimum atomic E-state index is -0.182. The standard InChI is InChI=1S/C22H26ClNO3/c1-13(2)10-18-15-9-8-14(23)11-17(15)19(12-24-22(18)25)16-6-5-7-20(26-3)21(16)27-4/h5-9,11,13,18-19H,10,12H2,1-4H3,(H,24,25). The van der Waals surface area contributed by atoms with Crippen LogP contribution in [-0.2, 0) is 4.79 Å². The summed E-state index contributed by atoms with van der Waals surface area (Å²) < 4.78 is 11.1. The highest BCUT2D eigenvalue weighted by Crippen LogP contribution is 2.43. The number of carbonyl (C=O) groups is 1. The normalized spacial score (nSPS) is 19.3. The molecule has 2 unspecified atom stereocenters. The topological polar surface area (TPSA) is 47.6 Å². The third kappa shape index (κ3) is 3.91. The molecule has 5 heteroatoms. The van der Waals surface area contributed by atoms with Crippen LogP contribution in [0.3, 0.4) is 0 Å². The van der Waals surface area contributed by atoms with Gasteiger partial charge in [-0.2, -0.15) is 0 Å². The lowest BCUT2D eigenvalue weighted by Gasteiger charge is -2.23. The molecule has 2 atom stereocenters. The average Bonchev–Trinajstić information content (AvgIpc) is 2.77. The van der Waals surface area contributed by atoms with Crippen LogP contribution in [0.25, 0.3) is 0 Å². The van der Waals surface area contributed by atoms with E-state index in [-0.39, 0.29) is 17.7 Å². The molecule has 0 saturated heterocycles. The molecule has 1 aliphatic heterocycles. The molecule has 0 bridgehead atoms. The summed E-state index contributed by atoms with van der Waals surface area (Å²) in [5, 5.41) is 3.79. The molecule has 1 heterocycles. The molecule has 0 aromatic heterocycles. The Hall–Kier alpha value is -2.20. The smallest absolute Gasteiger partial charge is 0.227 e. The van der Waals surface area contributed by atoms with Crippen molar-refractivity contribution in [1.82, 2.24) is 5.32 Å². The number of hydrogen-bond donors (Lipinski definition) is 1. The zero-order chi connectivity index (χ0) is 19.6. The Morgan fingerprint density at radius 2 is 1.89 bits per heavy atom.